The van der Waals surface area contributed by atoms with Crippen molar-refractivity contribution in [3.8, 4) is 0 Å². The minimum Gasteiger partial charge on any atom is -0.367 e. The summed E-state index contributed by atoms with van der Waals surface area (Å²) in [5, 5.41) is 7.50. The van der Waals surface area contributed by atoms with Gasteiger partial charge in [0, 0.05) is 19.1 Å². The van der Waals surface area contributed by atoms with Gasteiger partial charge in [-0.25, -0.2) is 0 Å². The van der Waals surface area contributed by atoms with E-state index in [-0.39, 0.29) is 0 Å². The molecule has 5 heteroatoms. The van der Waals surface area contributed by atoms with Crippen molar-refractivity contribution >= 4 is 0 Å². The van der Waals surface area contributed by atoms with E-state index in [1.54, 1.807) is 0 Å². The molecule has 0 aliphatic heterocycles. The molecule has 1 aromatic heterocycles. The molecule has 0 spiro atoms. The molecule has 0 aromatic carbocycles. The molecule has 5 nitrogen and oxygen atoms in total. The van der Waals surface area contributed by atoms with Crippen LogP contribution in [0.4, 0.5) is 0 Å². The second-order valence-electron chi connectivity index (χ2n) is 4.90. The third-order valence-electron chi connectivity index (χ3n) is 3.49. The Bertz CT molecular complexity index is 367. The highest BCUT2D eigenvalue weighted by atomic mass is 16.5. The molecule has 1 aromatic rings. The molecule has 1 N–H and O–H groups in total. The number of likely N-dealkylation sites (N-methyl/N-ethyl adjacent to an activating group) is 1. The van der Waals surface area contributed by atoms with Crippen LogP contribution < -0.4 is 5.32 Å². The number of aromatic nitrogens is 2. The molecule has 110 valence electrons. The van der Waals surface area contributed by atoms with E-state index in [4.69, 9.17) is 9.26 Å². The summed E-state index contributed by atoms with van der Waals surface area (Å²) in [6.07, 6.45) is 2.63. The summed E-state index contributed by atoms with van der Waals surface area (Å²) < 4.78 is 11.1. The predicted octanol–water partition coefficient (Wildman–Crippen LogP) is 2.66. The third-order valence-corrected chi connectivity index (χ3v) is 3.49. The maximum Gasteiger partial charge on any atom is 0.228 e. The zero-order chi connectivity index (χ0) is 14.3. The van der Waals surface area contributed by atoms with Crippen molar-refractivity contribution in [2.24, 2.45) is 0 Å². The molecule has 2 unspecified atom stereocenters. The Labute approximate surface area is 116 Å². The van der Waals surface area contributed by atoms with Gasteiger partial charge in [-0.3, -0.25) is 0 Å². The summed E-state index contributed by atoms with van der Waals surface area (Å²) >= 11 is 0. The van der Waals surface area contributed by atoms with Gasteiger partial charge in [0.25, 0.3) is 0 Å². The number of nitrogens with zero attached hydrogens (tertiary/aromatic N) is 2. The monoisotopic (exact) mass is 269 g/mol. The lowest BCUT2D eigenvalue weighted by molar-refractivity contribution is -0.0403. The van der Waals surface area contributed by atoms with E-state index in [9.17, 15) is 0 Å². The van der Waals surface area contributed by atoms with Gasteiger partial charge in [0.05, 0.1) is 0 Å². The Morgan fingerprint density at radius 3 is 2.58 bits per heavy atom. The van der Waals surface area contributed by atoms with Crippen LogP contribution in [0.2, 0.25) is 0 Å². The molecule has 19 heavy (non-hydrogen) atoms. The summed E-state index contributed by atoms with van der Waals surface area (Å²) in [7, 11) is 0. The van der Waals surface area contributed by atoms with Crippen LogP contribution in [0.5, 0.6) is 0 Å². The average Bonchev–Trinajstić information content (AvgIpc) is 2.87. The zero-order valence-electron chi connectivity index (χ0n) is 12.8. The second kappa shape index (κ2) is 7.60. The Kier molecular flexibility index (Phi) is 6.45. The largest absolute Gasteiger partial charge is 0.367 e. The van der Waals surface area contributed by atoms with E-state index < -0.39 is 5.60 Å². The van der Waals surface area contributed by atoms with Gasteiger partial charge in [-0.2, -0.15) is 4.98 Å². The lowest BCUT2D eigenvalue weighted by Crippen LogP contribution is -2.30. The van der Waals surface area contributed by atoms with E-state index in [1.807, 2.05) is 13.8 Å². The minimum absolute atomic E-state index is 0.387. The highest BCUT2D eigenvalue weighted by Gasteiger charge is 2.31. The Morgan fingerprint density at radius 2 is 2.05 bits per heavy atom. The molecular weight excluding hydrogens is 242 g/mol. The van der Waals surface area contributed by atoms with Crippen molar-refractivity contribution in [2.45, 2.75) is 65.5 Å². The van der Waals surface area contributed by atoms with Crippen molar-refractivity contribution in [2.75, 3.05) is 13.2 Å². The van der Waals surface area contributed by atoms with Crippen LogP contribution in [0, 0.1) is 0 Å². The van der Waals surface area contributed by atoms with Crippen molar-refractivity contribution in [1.82, 2.24) is 15.5 Å². The van der Waals surface area contributed by atoms with Gasteiger partial charge in [0.1, 0.15) is 5.60 Å². The summed E-state index contributed by atoms with van der Waals surface area (Å²) in [6.45, 7) is 11.9. The smallest absolute Gasteiger partial charge is 0.228 e. The molecular formula is C14H27N3O2. The molecule has 2 atom stereocenters. The van der Waals surface area contributed by atoms with Crippen molar-refractivity contribution in [3.05, 3.63) is 11.7 Å². The minimum atomic E-state index is -0.448. The van der Waals surface area contributed by atoms with Crippen LogP contribution in [0.3, 0.4) is 0 Å². The van der Waals surface area contributed by atoms with Crippen LogP contribution in [0.15, 0.2) is 4.52 Å². The van der Waals surface area contributed by atoms with Gasteiger partial charge in [-0.05, 0) is 33.2 Å². The van der Waals surface area contributed by atoms with Crippen LogP contribution >= 0.6 is 0 Å². The Balaban J connectivity index is 2.75. The van der Waals surface area contributed by atoms with E-state index in [0.717, 1.165) is 25.8 Å². The van der Waals surface area contributed by atoms with Gasteiger partial charge in [0.15, 0.2) is 0 Å². The summed E-state index contributed by atoms with van der Waals surface area (Å²) in [5.74, 6) is 1.33. The van der Waals surface area contributed by atoms with E-state index in [2.05, 4.69) is 36.2 Å². The molecule has 0 saturated heterocycles. The van der Waals surface area contributed by atoms with Gasteiger partial charge in [-0.1, -0.05) is 25.9 Å². The summed E-state index contributed by atoms with van der Waals surface area (Å²) in [4.78, 5) is 4.50. The molecule has 0 saturated carbocycles. The normalized spacial score (nSPS) is 16.3. The summed E-state index contributed by atoms with van der Waals surface area (Å²) in [6, 6.07) is 0.387. The van der Waals surface area contributed by atoms with Crippen LogP contribution in [0.25, 0.3) is 0 Å². The van der Waals surface area contributed by atoms with Gasteiger partial charge < -0.3 is 14.6 Å². The van der Waals surface area contributed by atoms with Crippen molar-refractivity contribution in [1.29, 1.82) is 0 Å². The van der Waals surface area contributed by atoms with Crippen LogP contribution in [0.1, 0.15) is 59.2 Å². The van der Waals surface area contributed by atoms with Crippen molar-refractivity contribution < 1.29 is 9.26 Å². The number of nitrogens with one attached hydrogen (secondary N) is 1. The molecule has 1 heterocycles. The average molecular weight is 269 g/mol. The summed E-state index contributed by atoms with van der Waals surface area (Å²) in [5.41, 5.74) is -0.448. The lowest BCUT2D eigenvalue weighted by Gasteiger charge is -2.23. The first-order valence-electron chi connectivity index (χ1n) is 7.29. The number of ether oxygens (including phenoxy) is 1. The van der Waals surface area contributed by atoms with E-state index >= 15 is 0 Å². The maximum atomic E-state index is 5.76. The molecule has 0 aliphatic carbocycles. The fourth-order valence-corrected chi connectivity index (χ4v) is 2.06. The van der Waals surface area contributed by atoms with E-state index in [0.29, 0.717) is 24.4 Å². The first-order valence-corrected chi connectivity index (χ1v) is 7.29. The zero-order valence-corrected chi connectivity index (χ0v) is 12.8. The molecule has 0 amide bonds. The molecule has 0 aliphatic rings. The highest BCUT2D eigenvalue weighted by Crippen LogP contribution is 2.26. The lowest BCUT2D eigenvalue weighted by atomic mass is 10.0. The Hall–Kier alpha value is -0.940. The molecule has 1 rings (SSSR count). The quantitative estimate of drug-likeness (QED) is 0.747. The standard InChI is InChI=1S/C14H27N3O2/c1-6-11(15-8-3)10-12-16-13(17-19-12)14(5,7-2)18-9-4/h11,15H,6-10H2,1-5H3. The molecule has 0 bridgehead atoms. The van der Waals surface area contributed by atoms with Crippen LogP contribution in [-0.2, 0) is 16.8 Å². The SMILES string of the molecule is CCNC(CC)Cc1nc(C(C)(CC)OCC)no1. The van der Waals surface area contributed by atoms with Gasteiger partial charge in [-0.15, -0.1) is 0 Å². The fraction of sp³-hybridized carbons (Fsp3) is 0.857. The maximum absolute atomic E-state index is 5.76. The number of hydrogen-bond acceptors (Lipinski definition) is 5. The first-order chi connectivity index (χ1) is 9.09. The second-order valence-corrected chi connectivity index (χ2v) is 4.90. The number of rotatable bonds is 9. The Morgan fingerprint density at radius 1 is 1.32 bits per heavy atom. The topological polar surface area (TPSA) is 60.2 Å². The molecule has 0 radical (unpaired) electrons. The van der Waals surface area contributed by atoms with Gasteiger partial charge >= 0.3 is 0 Å². The van der Waals surface area contributed by atoms with Gasteiger partial charge in [0.2, 0.25) is 11.7 Å². The fourth-order valence-electron chi connectivity index (χ4n) is 2.06. The predicted molar refractivity (Wildman–Crippen MR) is 75.0 cm³/mol. The van der Waals surface area contributed by atoms with E-state index in [1.165, 1.54) is 0 Å². The van der Waals surface area contributed by atoms with Crippen LogP contribution in [-0.4, -0.2) is 29.3 Å². The van der Waals surface area contributed by atoms with Crippen molar-refractivity contribution in [3.63, 3.8) is 0 Å². The first kappa shape index (κ1) is 16.1. The highest BCUT2D eigenvalue weighted by molar-refractivity contribution is 5.00. The number of hydrogen-bond donors (Lipinski definition) is 1. The third kappa shape index (κ3) is 4.28. The molecule has 0 fully saturated rings.